The standard InChI is InChI=1S/C19H14F2N2O4S/c1-9-2-3-13-14(4-9)27-15(7-18(24)25)19(26)23(13)8-17-22-12-5-10(20)11(21)6-16(12)28-17/h2-6,15H,7-8H2,1H3,(H,24,25). The molecule has 28 heavy (non-hydrogen) atoms. The second-order valence-corrected chi connectivity index (χ2v) is 7.56. The number of aryl methyl sites for hydroxylation is 1. The van der Waals surface area contributed by atoms with E-state index in [1.54, 1.807) is 12.1 Å². The average Bonchev–Trinajstić information content (AvgIpc) is 2.99. The number of hydrogen-bond acceptors (Lipinski definition) is 5. The number of nitrogens with zero attached hydrogens (tertiary/aromatic N) is 2. The molecule has 1 atom stereocenters. The zero-order valence-electron chi connectivity index (χ0n) is 14.6. The number of carbonyl (C=O) groups excluding carboxylic acids is 1. The van der Waals surface area contributed by atoms with Crippen molar-refractivity contribution in [3.05, 3.63) is 52.5 Å². The van der Waals surface area contributed by atoms with Crippen molar-refractivity contribution in [3.63, 3.8) is 0 Å². The van der Waals surface area contributed by atoms with Gasteiger partial charge in [-0.3, -0.25) is 14.5 Å². The molecular formula is C19H14F2N2O4S. The lowest BCUT2D eigenvalue weighted by molar-refractivity contribution is -0.142. The summed E-state index contributed by atoms with van der Waals surface area (Å²) < 4.78 is 33.0. The molecule has 9 heteroatoms. The van der Waals surface area contributed by atoms with Crippen LogP contribution >= 0.6 is 11.3 Å². The summed E-state index contributed by atoms with van der Waals surface area (Å²) in [6, 6.07) is 7.33. The van der Waals surface area contributed by atoms with Gasteiger partial charge in [0.1, 0.15) is 10.8 Å². The lowest BCUT2D eigenvalue weighted by Gasteiger charge is -2.33. The fourth-order valence-electron chi connectivity index (χ4n) is 3.06. The van der Waals surface area contributed by atoms with Crippen LogP contribution in [0.4, 0.5) is 14.5 Å². The number of benzene rings is 2. The highest BCUT2D eigenvalue weighted by atomic mass is 32.1. The fraction of sp³-hybridized carbons (Fsp3) is 0.211. The number of aliphatic carboxylic acids is 1. The third-order valence-corrected chi connectivity index (χ3v) is 5.35. The van der Waals surface area contributed by atoms with Crippen LogP contribution in [0, 0.1) is 18.6 Å². The van der Waals surface area contributed by atoms with Gasteiger partial charge < -0.3 is 9.84 Å². The number of thiazole rings is 1. The van der Waals surface area contributed by atoms with Gasteiger partial charge in [-0.25, -0.2) is 13.8 Å². The Balaban J connectivity index is 1.72. The summed E-state index contributed by atoms with van der Waals surface area (Å²) >= 11 is 1.14. The van der Waals surface area contributed by atoms with Crippen molar-refractivity contribution < 1.29 is 28.2 Å². The van der Waals surface area contributed by atoms with Crippen LogP contribution in [0.25, 0.3) is 10.2 Å². The zero-order valence-corrected chi connectivity index (χ0v) is 15.4. The Morgan fingerprint density at radius 2 is 2.04 bits per heavy atom. The second-order valence-electron chi connectivity index (χ2n) is 6.44. The SMILES string of the molecule is Cc1ccc2c(c1)OC(CC(=O)O)C(=O)N2Cc1nc2cc(F)c(F)cc2s1. The summed E-state index contributed by atoms with van der Waals surface area (Å²) in [7, 11) is 0. The lowest BCUT2D eigenvalue weighted by atomic mass is 10.1. The predicted octanol–water partition coefficient (Wildman–Crippen LogP) is 3.65. The molecule has 2 aromatic carbocycles. The first-order valence-corrected chi connectivity index (χ1v) is 9.18. The maximum atomic E-state index is 13.5. The van der Waals surface area contributed by atoms with E-state index in [2.05, 4.69) is 4.98 Å². The van der Waals surface area contributed by atoms with Gasteiger partial charge in [0.2, 0.25) is 0 Å². The number of halogens is 2. The first-order chi connectivity index (χ1) is 13.3. The molecule has 0 aliphatic carbocycles. The van der Waals surface area contributed by atoms with Gasteiger partial charge in [-0.2, -0.15) is 0 Å². The molecule has 0 radical (unpaired) electrons. The number of carboxylic acid groups (broad SMARTS) is 1. The number of amides is 1. The van der Waals surface area contributed by atoms with Gasteiger partial charge in [-0.1, -0.05) is 6.07 Å². The summed E-state index contributed by atoms with van der Waals surface area (Å²) in [5, 5.41) is 9.55. The van der Waals surface area contributed by atoms with Gasteiger partial charge in [0.15, 0.2) is 17.7 Å². The Bertz CT molecular complexity index is 1080. The minimum Gasteiger partial charge on any atom is -0.481 e. The van der Waals surface area contributed by atoms with E-state index >= 15 is 0 Å². The minimum absolute atomic E-state index is 0.0386. The van der Waals surface area contributed by atoms with Crippen molar-refractivity contribution in [1.29, 1.82) is 0 Å². The van der Waals surface area contributed by atoms with E-state index in [4.69, 9.17) is 9.84 Å². The molecule has 1 amide bonds. The highest BCUT2D eigenvalue weighted by Crippen LogP contribution is 2.37. The van der Waals surface area contributed by atoms with Gasteiger partial charge in [-0.15, -0.1) is 11.3 Å². The van der Waals surface area contributed by atoms with Gasteiger partial charge in [-0.05, 0) is 30.7 Å². The predicted molar refractivity (Wildman–Crippen MR) is 98.6 cm³/mol. The molecule has 0 spiro atoms. The Kier molecular flexibility index (Phi) is 4.46. The van der Waals surface area contributed by atoms with Crippen molar-refractivity contribution in [2.24, 2.45) is 0 Å². The highest BCUT2D eigenvalue weighted by molar-refractivity contribution is 7.18. The molecule has 1 N–H and O–H groups in total. The van der Waals surface area contributed by atoms with E-state index in [1.807, 2.05) is 13.0 Å². The molecule has 1 unspecified atom stereocenters. The number of carbonyl (C=O) groups is 2. The van der Waals surface area contributed by atoms with E-state index in [1.165, 1.54) is 4.90 Å². The molecule has 6 nitrogen and oxygen atoms in total. The minimum atomic E-state index is -1.16. The first-order valence-electron chi connectivity index (χ1n) is 8.37. The molecule has 0 bridgehead atoms. The van der Waals surface area contributed by atoms with E-state index in [0.29, 0.717) is 26.7 Å². The number of hydrogen-bond donors (Lipinski definition) is 1. The number of anilines is 1. The number of rotatable bonds is 4. The molecule has 0 saturated carbocycles. The number of carboxylic acids is 1. The molecule has 0 saturated heterocycles. The maximum Gasteiger partial charge on any atom is 0.307 e. The Labute approximate surface area is 162 Å². The molecule has 1 aliphatic heterocycles. The third-order valence-electron chi connectivity index (χ3n) is 4.34. The van der Waals surface area contributed by atoms with Gasteiger partial charge in [0.25, 0.3) is 5.91 Å². The first kappa shape index (κ1) is 18.3. The number of ether oxygens (including phenoxy) is 1. The lowest BCUT2D eigenvalue weighted by Crippen LogP contribution is -2.46. The average molecular weight is 404 g/mol. The Morgan fingerprint density at radius 1 is 1.29 bits per heavy atom. The molecule has 2 heterocycles. The molecule has 4 rings (SSSR count). The molecular weight excluding hydrogens is 390 g/mol. The van der Waals surface area contributed by atoms with Crippen molar-refractivity contribution in [2.45, 2.75) is 26.0 Å². The molecule has 144 valence electrons. The quantitative estimate of drug-likeness (QED) is 0.718. The van der Waals surface area contributed by atoms with E-state index in [9.17, 15) is 18.4 Å². The Hall–Kier alpha value is -3.07. The zero-order chi connectivity index (χ0) is 20.0. The van der Waals surface area contributed by atoms with Crippen LogP contribution in [-0.2, 0) is 16.1 Å². The van der Waals surface area contributed by atoms with Crippen LogP contribution in [-0.4, -0.2) is 28.1 Å². The van der Waals surface area contributed by atoms with Crippen molar-refractivity contribution in [2.75, 3.05) is 4.90 Å². The van der Waals surface area contributed by atoms with Gasteiger partial charge >= 0.3 is 5.97 Å². The maximum absolute atomic E-state index is 13.5. The molecule has 0 fully saturated rings. The summed E-state index contributed by atoms with van der Waals surface area (Å²) in [5.41, 5.74) is 1.69. The van der Waals surface area contributed by atoms with Gasteiger partial charge in [0, 0.05) is 6.07 Å². The van der Waals surface area contributed by atoms with Crippen LogP contribution in [0.5, 0.6) is 5.75 Å². The van der Waals surface area contributed by atoms with Gasteiger partial charge in [0.05, 0.1) is 28.9 Å². The van der Waals surface area contributed by atoms with Crippen molar-refractivity contribution in [3.8, 4) is 5.75 Å². The van der Waals surface area contributed by atoms with Crippen molar-refractivity contribution in [1.82, 2.24) is 4.98 Å². The van der Waals surface area contributed by atoms with E-state index < -0.39 is 36.0 Å². The summed E-state index contributed by atoms with van der Waals surface area (Å²) in [6.07, 6.45) is -1.63. The fourth-order valence-corrected chi connectivity index (χ4v) is 4.02. The topological polar surface area (TPSA) is 79.7 Å². The monoisotopic (exact) mass is 404 g/mol. The van der Waals surface area contributed by atoms with Crippen LogP contribution in [0.3, 0.4) is 0 Å². The molecule has 1 aliphatic rings. The largest absolute Gasteiger partial charge is 0.481 e. The van der Waals surface area contributed by atoms with Crippen molar-refractivity contribution >= 4 is 39.1 Å². The smallest absolute Gasteiger partial charge is 0.307 e. The number of fused-ring (bicyclic) bond motifs is 2. The summed E-state index contributed by atoms with van der Waals surface area (Å²) in [4.78, 5) is 29.6. The van der Waals surface area contributed by atoms with Crippen LogP contribution in [0.2, 0.25) is 0 Å². The summed E-state index contributed by atoms with van der Waals surface area (Å²) in [6.45, 7) is 1.89. The van der Waals surface area contributed by atoms with E-state index in [0.717, 1.165) is 29.0 Å². The van der Waals surface area contributed by atoms with Crippen LogP contribution < -0.4 is 9.64 Å². The molecule has 1 aromatic heterocycles. The normalized spacial score (nSPS) is 16.2. The summed E-state index contributed by atoms with van der Waals surface area (Å²) in [5.74, 6) is -3.21. The van der Waals surface area contributed by atoms with Crippen LogP contribution in [0.15, 0.2) is 30.3 Å². The Morgan fingerprint density at radius 3 is 2.79 bits per heavy atom. The highest BCUT2D eigenvalue weighted by Gasteiger charge is 2.36. The number of aromatic nitrogens is 1. The second kappa shape index (κ2) is 6.83. The molecule has 3 aromatic rings. The third kappa shape index (κ3) is 3.29. The van der Waals surface area contributed by atoms with E-state index in [-0.39, 0.29) is 6.54 Å². The van der Waals surface area contributed by atoms with Crippen LogP contribution in [0.1, 0.15) is 17.0 Å².